The lowest BCUT2D eigenvalue weighted by Gasteiger charge is -2.09. The van der Waals surface area contributed by atoms with Gasteiger partial charge in [0.1, 0.15) is 5.75 Å². The van der Waals surface area contributed by atoms with E-state index in [1.165, 1.54) is 0 Å². The van der Waals surface area contributed by atoms with E-state index in [0.29, 0.717) is 0 Å². The van der Waals surface area contributed by atoms with Gasteiger partial charge in [0, 0.05) is 9.35 Å². The van der Waals surface area contributed by atoms with Crippen LogP contribution in [0, 0.1) is 0 Å². The first-order valence-electron chi connectivity index (χ1n) is 4.45. The second-order valence-corrected chi connectivity index (χ2v) is 7.31. The number of thiophene rings is 2. The molecule has 0 saturated heterocycles. The molecule has 0 aliphatic rings. The topological polar surface area (TPSA) is 35.2 Å². The van der Waals surface area contributed by atoms with Crippen LogP contribution in [0.3, 0.4) is 0 Å². The van der Waals surface area contributed by atoms with Crippen molar-refractivity contribution in [2.45, 2.75) is 6.04 Å². The highest BCUT2D eigenvalue weighted by atomic mass is 79.9. The third-order valence-corrected chi connectivity index (χ3v) is 6.45. The van der Waals surface area contributed by atoms with E-state index in [9.17, 15) is 0 Å². The molecule has 2 aromatic rings. The quantitative estimate of drug-likeness (QED) is 0.854. The Kier molecular flexibility index (Phi) is 4.07. The summed E-state index contributed by atoms with van der Waals surface area (Å²) in [6.45, 7) is 0. The minimum Gasteiger partial charge on any atom is -0.496 e. The van der Waals surface area contributed by atoms with E-state index >= 15 is 0 Å². The van der Waals surface area contributed by atoms with Crippen molar-refractivity contribution in [1.29, 1.82) is 0 Å². The highest BCUT2D eigenvalue weighted by molar-refractivity contribution is 9.13. The molecule has 0 fully saturated rings. The third kappa shape index (κ3) is 2.36. The molecule has 0 spiro atoms. The fourth-order valence-corrected chi connectivity index (χ4v) is 4.41. The molecular weight excluding hydrogens is 374 g/mol. The van der Waals surface area contributed by atoms with Gasteiger partial charge in [-0.05, 0) is 49.4 Å². The monoisotopic (exact) mass is 381 g/mol. The standard InChI is InChI=1S/C10H9Br2NOS2/c1-14-6-2-3-15-9(6)8(13)7-4-5(11)10(12)16-7/h2-4,8H,13H2,1H3. The minimum atomic E-state index is -0.123. The smallest absolute Gasteiger partial charge is 0.134 e. The van der Waals surface area contributed by atoms with Crippen LogP contribution in [0.2, 0.25) is 0 Å². The average molecular weight is 383 g/mol. The number of ether oxygens (including phenoxy) is 1. The molecule has 2 nitrogen and oxygen atoms in total. The van der Waals surface area contributed by atoms with Crippen LogP contribution >= 0.6 is 54.5 Å². The molecule has 1 unspecified atom stereocenters. The summed E-state index contributed by atoms with van der Waals surface area (Å²) in [7, 11) is 1.67. The molecule has 16 heavy (non-hydrogen) atoms. The van der Waals surface area contributed by atoms with Crippen molar-refractivity contribution < 1.29 is 4.74 Å². The fraction of sp³-hybridized carbons (Fsp3) is 0.200. The van der Waals surface area contributed by atoms with Gasteiger partial charge < -0.3 is 10.5 Å². The summed E-state index contributed by atoms with van der Waals surface area (Å²) in [4.78, 5) is 2.17. The number of hydrogen-bond acceptors (Lipinski definition) is 4. The first-order chi connectivity index (χ1) is 7.63. The van der Waals surface area contributed by atoms with Crippen LogP contribution in [0.5, 0.6) is 5.75 Å². The Morgan fingerprint density at radius 3 is 2.75 bits per heavy atom. The second-order valence-electron chi connectivity index (χ2n) is 3.10. The molecule has 2 N–H and O–H groups in total. The number of nitrogens with two attached hydrogens (primary N) is 1. The molecule has 0 aromatic carbocycles. The van der Waals surface area contributed by atoms with Crippen LogP contribution in [0.15, 0.2) is 25.8 Å². The Morgan fingerprint density at radius 1 is 1.44 bits per heavy atom. The molecule has 0 saturated carbocycles. The molecule has 2 aromatic heterocycles. The first-order valence-corrected chi connectivity index (χ1v) is 7.73. The van der Waals surface area contributed by atoms with Crippen LogP contribution in [0.1, 0.15) is 15.8 Å². The number of rotatable bonds is 3. The third-order valence-electron chi connectivity index (χ3n) is 2.13. The zero-order chi connectivity index (χ0) is 11.7. The van der Waals surface area contributed by atoms with E-state index in [-0.39, 0.29) is 6.04 Å². The average Bonchev–Trinajstić information content (AvgIpc) is 2.85. The van der Waals surface area contributed by atoms with E-state index in [4.69, 9.17) is 10.5 Å². The van der Waals surface area contributed by atoms with Gasteiger partial charge in [0.05, 0.1) is 21.8 Å². The predicted molar refractivity (Wildman–Crippen MR) is 76.6 cm³/mol. The number of hydrogen-bond donors (Lipinski definition) is 1. The summed E-state index contributed by atoms with van der Waals surface area (Å²) in [6.07, 6.45) is 0. The van der Waals surface area contributed by atoms with Crippen molar-refractivity contribution in [3.8, 4) is 5.75 Å². The Balaban J connectivity index is 2.35. The van der Waals surface area contributed by atoms with Gasteiger partial charge in [-0.2, -0.15) is 0 Å². The van der Waals surface area contributed by atoms with Crippen molar-refractivity contribution in [2.24, 2.45) is 5.73 Å². The van der Waals surface area contributed by atoms with Crippen LogP contribution in [0.25, 0.3) is 0 Å². The van der Waals surface area contributed by atoms with Gasteiger partial charge in [-0.25, -0.2) is 0 Å². The SMILES string of the molecule is COc1ccsc1C(N)c1cc(Br)c(Br)s1. The van der Waals surface area contributed by atoms with E-state index < -0.39 is 0 Å². The summed E-state index contributed by atoms with van der Waals surface area (Å²) < 4.78 is 7.38. The lowest BCUT2D eigenvalue weighted by atomic mass is 10.2. The van der Waals surface area contributed by atoms with Gasteiger partial charge >= 0.3 is 0 Å². The van der Waals surface area contributed by atoms with Crippen molar-refractivity contribution in [3.05, 3.63) is 35.5 Å². The Bertz CT molecular complexity index is 475. The zero-order valence-electron chi connectivity index (χ0n) is 8.37. The molecular formula is C10H9Br2NOS2. The van der Waals surface area contributed by atoms with Crippen LogP contribution in [0.4, 0.5) is 0 Å². The summed E-state index contributed by atoms with van der Waals surface area (Å²) in [5, 5.41) is 1.99. The van der Waals surface area contributed by atoms with Gasteiger partial charge in [0.15, 0.2) is 0 Å². The summed E-state index contributed by atoms with van der Waals surface area (Å²) >= 11 is 10.2. The van der Waals surface area contributed by atoms with Gasteiger partial charge in [0.2, 0.25) is 0 Å². The van der Waals surface area contributed by atoms with Gasteiger partial charge in [-0.1, -0.05) is 0 Å². The maximum Gasteiger partial charge on any atom is 0.134 e. The highest BCUT2D eigenvalue weighted by Gasteiger charge is 2.18. The van der Waals surface area contributed by atoms with Gasteiger partial charge in [0.25, 0.3) is 0 Å². The molecule has 86 valence electrons. The molecule has 2 rings (SSSR count). The first kappa shape index (κ1) is 12.6. The minimum absolute atomic E-state index is 0.123. The lowest BCUT2D eigenvalue weighted by Crippen LogP contribution is -2.09. The molecule has 6 heteroatoms. The van der Waals surface area contributed by atoms with Crippen molar-refractivity contribution >= 4 is 54.5 Å². The van der Waals surface area contributed by atoms with Crippen molar-refractivity contribution in [2.75, 3.05) is 7.11 Å². The van der Waals surface area contributed by atoms with Crippen LogP contribution in [-0.2, 0) is 0 Å². The maximum atomic E-state index is 6.22. The maximum absolute atomic E-state index is 6.22. The predicted octanol–water partition coefficient (Wildman–Crippen LogP) is 4.39. The van der Waals surface area contributed by atoms with Crippen molar-refractivity contribution in [1.82, 2.24) is 0 Å². The van der Waals surface area contributed by atoms with Gasteiger partial charge in [-0.3, -0.25) is 0 Å². The second kappa shape index (κ2) is 5.18. The normalized spacial score (nSPS) is 12.8. The van der Waals surface area contributed by atoms with E-state index in [1.54, 1.807) is 29.8 Å². The summed E-state index contributed by atoms with van der Waals surface area (Å²) in [5.74, 6) is 0.859. The molecule has 2 heterocycles. The van der Waals surface area contributed by atoms with Crippen LogP contribution < -0.4 is 10.5 Å². The fourth-order valence-electron chi connectivity index (χ4n) is 1.35. The van der Waals surface area contributed by atoms with Gasteiger partial charge in [-0.15, -0.1) is 22.7 Å². The lowest BCUT2D eigenvalue weighted by molar-refractivity contribution is 0.411. The molecule has 0 aliphatic heterocycles. The van der Waals surface area contributed by atoms with E-state index in [1.807, 2.05) is 17.5 Å². The van der Waals surface area contributed by atoms with E-state index in [0.717, 1.165) is 23.8 Å². The molecule has 0 bridgehead atoms. The number of halogens is 2. The Hall–Kier alpha value is 0.120. The molecule has 0 aliphatic carbocycles. The summed E-state index contributed by atoms with van der Waals surface area (Å²) in [6, 6.07) is 3.86. The highest BCUT2D eigenvalue weighted by Crippen LogP contribution is 2.40. The van der Waals surface area contributed by atoms with Crippen molar-refractivity contribution in [3.63, 3.8) is 0 Å². The molecule has 1 atom stereocenters. The molecule has 0 amide bonds. The Morgan fingerprint density at radius 2 is 2.19 bits per heavy atom. The van der Waals surface area contributed by atoms with Crippen LogP contribution in [-0.4, -0.2) is 7.11 Å². The molecule has 0 radical (unpaired) electrons. The Labute approximate surface area is 119 Å². The summed E-state index contributed by atoms with van der Waals surface area (Å²) in [5.41, 5.74) is 6.22. The number of methoxy groups -OCH3 is 1. The largest absolute Gasteiger partial charge is 0.496 e. The zero-order valence-corrected chi connectivity index (χ0v) is 13.2. The van der Waals surface area contributed by atoms with E-state index in [2.05, 4.69) is 31.9 Å².